The van der Waals surface area contributed by atoms with Crippen LogP contribution in [0.2, 0.25) is 0 Å². The van der Waals surface area contributed by atoms with Gasteiger partial charge in [-0.1, -0.05) is 70.7 Å². The van der Waals surface area contributed by atoms with Gasteiger partial charge in [-0.05, 0) is 37.5 Å². The number of Topliss-reactive ketones (excluding diaryl/α,β-unsaturated/α-hetero) is 2. The summed E-state index contributed by atoms with van der Waals surface area (Å²) in [4.78, 5) is 26.6. The average molecular weight is 341 g/mol. The van der Waals surface area contributed by atoms with Gasteiger partial charge in [0.15, 0.2) is 11.6 Å². The lowest BCUT2D eigenvalue weighted by atomic mass is 9.55. The highest BCUT2D eigenvalue weighted by Gasteiger charge is 2.53. The van der Waals surface area contributed by atoms with E-state index in [9.17, 15) is 9.59 Å². The molecule has 0 aliphatic heterocycles. The standard InChI is InChI=1S/C23H32O2/c1-4-13-22(2,3)14-9-16-23-15-8-7-12-19(23)20(24)17-10-5-6-11-18(17)21(23)25/h5-6,10-11,19H,4,7-9,12-16H2,1-3H3. The van der Waals surface area contributed by atoms with Crippen LogP contribution in [0.3, 0.4) is 0 Å². The van der Waals surface area contributed by atoms with Crippen LogP contribution in [0.15, 0.2) is 24.3 Å². The highest BCUT2D eigenvalue weighted by atomic mass is 16.1. The van der Waals surface area contributed by atoms with E-state index in [0.717, 1.165) is 44.9 Å². The zero-order valence-electron chi connectivity index (χ0n) is 16.1. The summed E-state index contributed by atoms with van der Waals surface area (Å²) >= 11 is 0. The maximum absolute atomic E-state index is 13.4. The largest absolute Gasteiger partial charge is 0.294 e. The molecule has 1 fully saturated rings. The molecule has 2 aliphatic carbocycles. The van der Waals surface area contributed by atoms with E-state index in [-0.39, 0.29) is 17.5 Å². The van der Waals surface area contributed by atoms with Gasteiger partial charge >= 0.3 is 0 Å². The SMILES string of the molecule is CCCC(C)(C)CCCC12CCCCC1C(=O)c1ccccc1C2=O. The van der Waals surface area contributed by atoms with E-state index in [0.29, 0.717) is 16.5 Å². The number of carbonyl (C=O) groups is 2. The first-order chi connectivity index (χ1) is 11.9. The number of carbonyl (C=O) groups excluding carboxylic acids is 2. The fourth-order valence-corrected chi connectivity index (χ4v) is 5.34. The predicted molar refractivity (Wildman–Crippen MR) is 102 cm³/mol. The molecule has 1 aromatic carbocycles. The van der Waals surface area contributed by atoms with E-state index in [4.69, 9.17) is 0 Å². The van der Waals surface area contributed by atoms with Crippen molar-refractivity contribution in [2.45, 2.75) is 78.6 Å². The van der Waals surface area contributed by atoms with Crippen LogP contribution in [-0.2, 0) is 0 Å². The van der Waals surface area contributed by atoms with Gasteiger partial charge in [-0.25, -0.2) is 0 Å². The Morgan fingerprint density at radius 3 is 2.52 bits per heavy atom. The molecule has 0 spiro atoms. The number of benzene rings is 1. The van der Waals surface area contributed by atoms with Crippen LogP contribution in [-0.4, -0.2) is 11.6 Å². The third-order valence-electron chi connectivity index (χ3n) is 6.64. The summed E-state index contributed by atoms with van der Waals surface area (Å²) in [6.07, 6.45) is 9.42. The lowest BCUT2D eigenvalue weighted by molar-refractivity contribution is 0.0375. The van der Waals surface area contributed by atoms with E-state index < -0.39 is 5.41 Å². The predicted octanol–water partition coefficient (Wildman–Crippen LogP) is 6.24. The maximum Gasteiger partial charge on any atom is 0.170 e. The van der Waals surface area contributed by atoms with Gasteiger partial charge in [0.25, 0.3) is 0 Å². The summed E-state index contributed by atoms with van der Waals surface area (Å²) in [5.74, 6) is 0.390. The Hall–Kier alpha value is -1.44. The van der Waals surface area contributed by atoms with Crippen molar-refractivity contribution in [3.05, 3.63) is 35.4 Å². The molecule has 0 aromatic heterocycles. The van der Waals surface area contributed by atoms with Crippen molar-refractivity contribution < 1.29 is 9.59 Å². The number of hydrogen-bond donors (Lipinski definition) is 0. The Morgan fingerprint density at radius 1 is 1.08 bits per heavy atom. The molecule has 0 heterocycles. The minimum atomic E-state index is -0.425. The van der Waals surface area contributed by atoms with Crippen LogP contribution in [0.5, 0.6) is 0 Å². The lowest BCUT2D eigenvalue weighted by Crippen LogP contribution is -2.49. The Morgan fingerprint density at radius 2 is 1.80 bits per heavy atom. The summed E-state index contributed by atoms with van der Waals surface area (Å²) in [6.45, 7) is 6.89. The van der Waals surface area contributed by atoms with Crippen LogP contribution in [0.25, 0.3) is 0 Å². The van der Waals surface area contributed by atoms with E-state index in [1.807, 2.05) is 24.3 Å². The van der Waals surface area contributed by atoms with Gasteiger partial charge in [0.1, 0.15) is 0 Å². The summed E-state index contributed by atoms with van der Waals surface area (Å²) in [7, 11) is 0. The Bertz CT molecular complexity index is 658. The third-order valence-corrected chi connectivity index (χ3v) is 6.64. The van der Waals surface area contributed by atoms with Crippen molar-refractivity contribution in [3.8, 4) is 0 Å². The third kappa shape index (κ3) is 3.32. The summed E-state index contributed by atoms with van der Waals surface area (Å²) in [6, 6.07) is 7.49. The second-order valence-electron chi connectivity index (χ2n) is 8.96. The molecule has 2 atom stereocenters. The first kappa shape index (κ1) is 18.4. The van der Waals surface area contributed by atoms with Crippen LogP contribution in [0.4, 0.5) is 0 Å². The van der Waals surface area contributed by atoms with Crippen molar-refractivity contribution in [3.63, 3.8) is 0 Å². The highest BCUT2D eigenvalue weighted by Crippen LogP contribution is 2.52. The maximum atomic E-state index is 13.4. The molecule has 0 N–H and O–H groups in total. The molecule has 0 radical (unpaired) electrons. The molecule has 0 saturated heterocycles. The van der Waals surface area contributed by atoms with E-state index >= 15 is 0 Å². The van der Waals surface area contributed by atoms with E-state index in [2.05, 4.69) is 20.8 Å². The van der Waals surface area contributed by atoms with Crippen molar-refractivity contribution >= 4 is 11.6 Å². The highest BCUT2D eigenvalue weighted by molar-refractivity contribution is 6.17. The zero-order chi connectivity index (χ0) is 18.1. The molecular formula is C23H32O2. The second-order valence-corrected chi connectivity index (χ2v) is 8.96. The van der Waals surface area contributed by atoms with Gasteiger partial charge in [0, 0.05) is 22.5 Å². The molecule has 25 heavy (non-hydrogen) atoms. The molecule has 0 amide bonds. The number of rotatable bonds is 6. The minimum Gasteiger partial charge on any atom is -0.294 e. The molecule has 1 saturated carbocycles. The summed E-state index contributed by atoms with van der Waals surface area (Å²) in [5, 5.41) is 0. The molecule has 0 bridgehead atoms. The first-order valence-corrected chi connectivity index (χ1v) is 10.1. The molecular weight excluding hydrogens is 308 g/mol. The van der Waals surface area contributed by atoms with Crippen molar-refractivity contribution in [1.29, 1.82) is 0 Å². The fourth-order valence-electron chi connectivity index (χ4n) is 5.34. The van der Waals surface area contributed by atoms with Crippen LogP contribution >= 0.6 is 0 Å². The van der Waals surface area contributed by atoms with E-state index in [1.54, 1.807) is 0 Å². The average Bonchev–Trinajstić information content (AvgIpc) is 2.60. The normalized spacial score (nSPS) is 26.3. The summed E-state index contributed by atoms with van der Waals surface area (Å²) in [5.41, 5.74) is 1.25. The van der Waals surface area contributed by atoms with Gasteiger partial charge in [0.05, 0.1) is 0 Å². The van der Waals surface area contributed by atoms with Gasteiger partial charge < -0.3 is 0 Å². The van der Waals surface area contributed by atoms with Crippen LogP contribution in [0.1, 0.15) is 99.3 Å². The minimum absolute atomic E-state index is 0.0852. The first-order valence-electron chi connectivity index (χ1n) is 10.1. The number of ketones is 2. The fraction of sp³-hybridized carbons (Fsp3) is 0.652. The van der Waals surface area contributed by atoms with Crippen molar-refractivity contribution in [2.75, 3.05) is 0 Å². The van der Waals surface area contributed by atoms with Crippen LogP contribution < -0.4 is 0 Å². The van der Waals surface area contributed by atoms with Crippen molar-refractivity contribution in [1.82, 2.24) is 0 Å². The Kier molecular flexibility index (Phi) is 5.18. The van der Waals surface area contributed by atoms with E-state index in [1.165, 1.54) is 12.8 Å². The number of fused-ring (bicyclic) bond motifs is 2. The number of hydrogen-bond acceptors (Lipinski definition) is 2. The smallest absolute Gasteiger partial charge is 0.170 e. The molecule has 136 valence electrons. The molecule has 2 aliphatic rings. The molecule has 3 rings (SSSR count). The lowest BCUT2D eigenvalue weighted by Gasteiger charge is -2.46. The van der Waals surface area contributed by atoms with Gasteiger partial charge in [-0.2, -0.15) is 0 Å². The van der Waals surface area contributed by atoms with Gasteiger partial charge in [-0.3, -0.25) is 9.59 Å². The Labute approximate surface area is 152 Å². The van der Waals surface area contributed by atoms with Gasteiger partial charge in [0.2, 0.25) is 0 Å². The Balaban J connectivity index is 1.86. The molecule has 1 aromatic rings. The second kappa shape index (κ2) is 7.05. The topological polar surface area (TPSA) is 34.1 Å². The van der Waals surface area contributed by atoms with Crippen LogP contribution in [0, 0.1) is 16.7 Å². The van der Waals surface area contributed by atoms with Gasteiger partial charge in [-0.15, -0.1) is 0 Å². The molecule has 2 nitrogen and oxygen atoms in total. The quantitative estimate of drug-likeness (QED) is 0.614. The molecule has 2 unspecified atom stereocenters. The zero-order valence-corrected chi connectivity index (χ0v) is 16.1. The van der Waals surface area contributed by atoms with Crippen molar-refractivity contribution in [2.24, 2.45) is 16.7 Å². The molecule has 2 heteroatoms. The summed E-state index contributed by atoms with van der Waals surface area (Å²) < 4.78 is 0. The monoisotopic (exact) mass is 340 g/mol.